The molecule has 108 valence electrons. The third kappa shape index (κ3) is 4.80. The van der Waals surface area contributed by atoms with Gasteiger partial charge >= 0.3 is 0 Å². The molecule has 4 heteroatoms. The number of halogens is 1. The lowest BCUT2D eigenvalue weighted by molar-refractivity contribution is 0.288. The Morgan fingerprint density at radius 2 is 2.11 bits per heavy atom. The van der Waals surface area contributed by atoms with E-state index in [2.05, 4.69) is 5.32 Å². The van der Waals surface area contributed by atoms with Crippen LogP contribution in [0.5, 0.6) is 0 Å². The Bertz CT molecular complexity index is 382. The zero-order valence-corrected chi connectivity index (χ0v) is 12.1. The van der Waals surface area contributed by atoms with E-state index in [0.717, 1.165) is 12.1 Å². The fourth-order valence-electron chi connectivity index (χ4n) is 2.06. The lowest BCUT2D eigenvalue weighted by Gasteiger charge is -2.29. The number of benzene rings is 1. The van der Waals surface area contributed by atoms with Crippen molar-refractivity contribution in [2.24, 2.45) is 0 Å². The second-order valence-corrected chi connectivity index (χ2v) is 4.93. The first kappa shape index (κ1) is 15.9. The highest BCUT2D eigenvalue weighted by atomic mass is 19.1. The second kappa shape index (κ2) is 8.12. The third-order valence-corrected chi connectivity index (χ3v) is 3.08. The minimum Gasteiger partial charge on any atom is -0.396 e. The maximum Gasteiger partial charge on any atom is 0.146 e. The van der Waals surface area contributed by atoms with Gasteiger partial charge in [-0.2, -0.15) is 0 Å². The average Bonchev–Trinajstić information content (AvgIpc) is 2.38. The first-order valence-electron chi connectivity index (χ1n) is 6.96. The Labute approximate surface area is 115 Å². The number of nitrogens with one attached hydrogen (secondary N) is 1. The van der Waals surface area contributed by atoms with Crippen LogP contribution in [0.4, 0.5) is 10.1 Å². The van der Waals surface area contributed by atoms with Crippen molar-refractivity contribution in [1.82, 2.24) is 5.32 Å². The highest BCUT2D eigenvalue weighted by Crippen LogP contribution is 2.23. The van der Waals surface area contributed by atoms with Crippen LogP contribution in [0.2, 0.25) is 0 Å². The smallest absolute Gasteiger partial charge is 0.146 e. The quantitative estimate of drug-likeness (QED) is 0.760. The summed E-state index contributed by atoms with van der Waals surface area (Å²) in [6.45, 7) is 8.44. The van der Waals surface area contributed by atoms with Gasteiger partial charge in [-0.3, -0.25) is 0 Å². The summed E-state index contributed by atoms with van der Waals surface area (Å²) in [5, 5.41) is 12.1. The van der Waals surface area contributed by atoms with Gasteiger partial charge in [0.1, 0.15) is 5.82 Å². The number of nitrogens with zero attached hydrogens (tertiary/aromatic N) is 1. The Morgan fingerprint density at radius 3 is 2.63 bits per heavy atom. The zero-order valence-electron chi connectivity index (χ0n) is 12.1. The first-order chi connectivity index (χ1) is 9.10. The van der Waals surface area contributed by atoms with Gasteiger partial charge in [-0.1, -0.05) is 13.0 Å². The first-order valence-corrected chi connectivity index (χ1v) is 6.96. The molecule has 1 rings (SSSR count). The van der Waals surface area contributed by atoms with E-state index in [-0.39, 0.29) is 18.5 Å². The molecule has 0 fully saturated rings. The molecule has 0 radical (unpaired) electrons. The Balaban J connectivity index is 2.85. The van der Waals surface area contributed by atoms with Crippen LogP contribution in [0, 0.1) is 5.82 Å². The topological polar surface area (TPSA) is 35.5 Å². The summed E-state index contributed by atoms with van der Waals surface area (Å²) in [4.78, 5) is 1.99. The molecule has 2 N–H and O–H groups in total. The monoisotopic (exact) mass is 268 g/mol. The molecule has 3 nitrogen and oxygen atoms in total. The molecule has 0 amide bonds. The number of rotatable bonds is 8. The molecule has 0 aliphatic rings. The SMILES string of the molecule is CCNCc1ccc(N(CCCO)C(C)C)c(F)c1. The van der Waals surface area contributed by atoms with Gasteiger partial charge in [0, 0.05) is 25.7 Å². The minimum atomic E-state index is -0.193. The van der Waals surface area contributed by atoms with Crippen molar-refractivity contribution in [3.8, 4) is 0 Å². The maximum absolute atomic E-state index is 14.2. The second-order valence-electron chi connectivity index (χ2n) is 4.93. The lowest BCUT2D eigenvalue weighted by atomic mass is 10.1. The average molecular weight is 268 g/mol. The van der Waals surface area contributed by atoms with Crippen LogP contribution >= 0.6 is 0 Å². The number of aliphatic hydroxyl groups is 1. The van der Waals surface area contributed by atoms with E-state index in [1.807, 2.05) is 37.8 Å². The van der Waals surface area contributed by atoms with Crippen LogP contribution in [0.25, 0.3) is 0 Å². The van der Waals surface area contributed by atoms with E-state index in [9.17, 15) is 4.39 Å². The Kier molecular flexibility index (Phi) is 6.81. The lowest BCUT2D eigenvalue weighted by Crippen LogP contribution is -2.33. The molecule has 19 heavy (non-hydrogen) atoms. The van der Waals surface area contributed by atoms with Crippen LogP contribution in [0.15, 0.2) is 18.2 Å². The highest BCUT2D eigenvalue weighted by Gasteiger charge is 2.14. The standard InChI is InChI=1S/C15H25FN2O/c1-4-17-11-13-6-7-15(14(16)10-13)18(12(2)3)8-5-9-19/h6-7,10,12,17,19H,4-5,8-9,11H2,1-3H3. The van der Waals surface area contributed by atoms with Crippen LogP contribution in [0.3, 0.4) is 0 Å². The molecule has 0 aliphatic heterocycles. The summed E-state index contributed by atoms with van der Waals surface area (Å²) in [6, 6.07) is 5.59. The van der Waals surface area contributed by atoms with Gasteiger partial charge in [0.2, 0.25) is 0 Å². The third-order valence-electron chi connectivity index (χ3n) is 3.08. The molecule has 0 aliphatic carbocycles. The van der Waals surface area contributed by atoms with Gasteiger partial charge in [-0.05, 0) is 44.5 Å². The van der Waals surface area contributed by atoms with E-state index in [1.165, 1.54) is 0 Å². The molecule has 0 unspecified atom stereocenters. The van der Waals surface area contributed by atoms with E-state index in [1.54, 1.807) is 6.07 Å². The summed E-state index contributed by atoms with van der Waals surface area (Å²) >= 11 is 0. The molecule has 0 heterocycles. The minimum absolute atomic E-state index is 0.128. The molecule has 1 aromatic rings. The molecule has 0 aromatic heterocycles. The molecule has 0 bridgehead atoms. The normalized spacial score (nSPS) is 11.1. The molecular weight excluding hydrogens is 243 g/mol. The van der Waals surface area contributed by atoms with Crippen molar-refractivity contribution in [1.29, 1.82) is 0 Å². The van der Waals surface area contributed by atoms with E-state index in [0.29, 0.717) is 25.2 Å². The van der Waals surface area contributed by atoms with Gasteiger partial charge in [0.25, 0.3) is 0 Å². The molecule has 0 atom stereocenters. The maximum atomic E-state index is 14.2. The van der Waals surface area contributed by atoms with Crippen molar-refractivity contribution < 1.29 is 9.50 Å². The molecule has 0 saturated heterocycles. The largest absolute Gasteiger partial charge is 0.396 e. The van der Waals surface area contributed by atoms with Crippen molar-refractivity contribution in [2.75, 3.05) is 24.6 Å². The predicted molar refractivity (Wildman–Crippen MR) is 78.0 cm³/mol. The van der Waals surface area contributed by atoms with Crippen molar-refractivity contribution in [3.05, 3.63) is 29.6 Å². The summed E-state index contributed by atoms with van der Waals surface area (Å²) in [5.41, 5.74) is 1.57. The van der Waals surface area contributed by atoms with E-state index < -0.39 is 0 Å². The Hall–Kier alpha value is -1.13. The van der Waals surface area contributed by atoms with Crippen molar-refractivity contribution in [3.63, 3.8) is 0 Å². The zero-order chi connectivity index (χ0) is 14.3. The highest BCUT2D eigenvalue weighted by molar-refractivity contribution is 5.50. The van der Waals surface area contributed by atoms with E-state index in [4.69, 9.17) is 5.11 Å². The van der Waals surface area contributed by atoms with Gasteiger partial charge in [-0.15, -0.1) is 0 Å². The van der Waals surface area contributed by atoms with Crippen LogP contribution < -0.4 is 10.2 Å². The van der Waals surface area contributed by atoms with Crippen LogP contribution in [0.1, 0.15) is 32.8 Å². The van der Waals surface area contributed by atoms with E-state index >= 15 is 0 Å². The fraction of sp³-hybridized carbons (Fsp3) is 0.600. The summed E-state index contributed by atoms with van der Waals surface area (Å²) in [5.74, 6) is -0.193. The molecule has 0 spiro atoms. The van der Waals surface area contributed by atoms with Crippen LogP contribution in [-0.2, 0) is 6.54 Å². The van der Waals surface area contributed by atoms with Gasteiger partial charge in [0.15, 0.2) is 0 Å². The van der Waals surface area contributed by atoms with Gasteiger partial charge < -0.3 is 15.3 Å². The van der Waals surface area contributed by atoms with Crippen molar-refractivity contribution in [2.45, 2.75) is 39.8 Å². The number of hydrogen-bond acceptors (Lipinski definition) is 3. The number of hydrogen-bond donors (Lipinski definition) is 2. The summed E-state index contributed by atoms with van der Waals surface area (Å²) in [7, 11) is 0. The Morgan fingerprint density at radius 1 is 1.37 bits per heavy atom. The van der Waals surface area contributed by atoms with Gasteiger partial charge in [0.05, 0.1) is 5.69 Å². The number of aliphatic hydroxyl groups excluding tert-OH is 1. The molecule has 1 aromatic carbocycles. The summed E-state index contributed by atoms with van der Waals surface area (Å²) < 4.78 is 14.2. The molecule has 0 saturated carbocycles. The number of anilines is 1. The fourth-order valence-corrected chi connectivity index (χ4v) is 2.06. The van der Waals surface area contributed by atoms with Gasteiger partial charge in [-0.25, -0.2) is 4.39 Å². The summed E-state index contributed by atoms with van der Waals surface area (Å²) in [6.07, 6.45) is 0.650. The predicted octanol–water partition coefficient (Wildman–Crippen LogP) is 2.53. The molecular formula is C15H25FN2O. The van der Waals surface area contributed by atoms with Crippen molar-refractivity contribution >= 4 is 5.69 Å². The van der Waals surface area contributed by atoms with Crippen LogP contribution in [-0.4, -0.2) is 30.8 Å².